The van der Waals surface area contributed by atoms with Gasteiger partial charge in [-0.2, -0.15) is 0 Å². The van der Waals surface area contributed by atoms with Crippen molar-refractivity contribution in [2.24, 2.45) is 0 Å². The van der Waals surface area contributed by atoms with Crippen molar-refractivity contribution in [3.05, 3.63) is 33.9 Å². The average molecular weight is 294 g/mol. The lowest BCUT2D eigenvalue weighted by atomic mass is 10.2. The normalized spacial score (nSPS) is 10.9. The van der Waals surface area contributed by atoms with Gasteiger partial charge in [-0.05, 0) is 19.1 Å². The van der Waals surface area contributed by atoms with Gasteiger partial charge in [0, 0.05) is 21.9 Å². The third-order valence-electron chi connectivity index (χ3n) is 2.37. The second-order valence-electron chi connectivity index (χ2n) is 4.41. The van der Waals surface area contributed by atoms with E-state index in [0.29, 0.717) is 4.88 Å². The summed E-state index contributed by atoms with van der Waals surface area (Å²) in [5, 5.41) is 11.6. The molecule has 0 aromatic carbocycles. The molecule has 0 unspecified atom stereocenters. The summed E-state index contributed by atoms with van der Waals surface area (Å²) in [6.07, 6.45) is 0. The van der Waals surface area contributed by atoms with E-state index < -0.39 is 5.97 Å². The maximum atomic E-state index is 10.8. The third-order valence-corrected chi connectivity index (χ3v) is 4.33. The number of hydrogen-bond donors (Lipinski definition) is 1. The topological polar surface area (TPSA) is 63.1 Å². The van der Waals surface area contributed by atoms with Crippen LogP contribution in [0.15, 0.2) is 27.4 Å². The number of carboxylic acids is 1. The summed E-state index contributed by atoms with van der Waals surface area (Å²) in [5.74, 6) is 0.200. The van der Waals surface area contributed by atoms with Gasteiger partial charge in [0.2, 0.25) is 0 Å². The smallest absolute Gasteiger partial charge is 0.345 e. The highest BCUT2D eigenvalue weighted by atomic mass is 32.2. The lowest BCUT2D eigenvalue weighted by molar-refractivity contribution is 0.0702. The van der Waals surface area contributed by atoms with Crippen molar-refractivity contribution in [2.45, 2.75) is 36.6 Å². The molecule has 1 N–H and O–H groups in total. The molecule has 4 nitrogen and oxygen atoms in total. The molecule has 2 aromatic heterocycles. The minimum atomic E-state index is -0.890. The number of thiophene rings is 1. The Morgan fingerprint density at radius 3 is 2.68 bits per heavy atom. The zero-order valence-corrected chi connectivity index (χ0v) is 12.5. The van der Waals surface area contributed by atoms with E-state index >= 15 is 0 Å². The van der Waals surface area contributed by atoms with E-state index in [0.717, 1.165) is 21.4 Å². The van der Waals surface area contributed by atoms with Crippen molar-refractivity contribution in [1.82, 2.24) is 9.97 Å². The van der Waals surface area contributed by atoms with Crippen molar-refractivity contribution >= 4 is 29.1 Å². The minimum absolute atomic E-state index is 0.274. The Labute approximate surface area is 119 Å². The van der Waals surface area contributed by atoms with E-state index in [2.05, 4.69) is 23.8 Å². The van der Waals surface area contributed by atoms with Crippen LogP contribution in [-0.4, -0.2) is 21.0 Å². The van der Waals surface area contributed by atoms with Crippen LogP contribution < -0.4 is 0 Å². The number of aromatic nitrogens is 2. The Kier molecular flexibility index (Phi) is 4.21. The largest absolute Gasteiger partial charge is 0.477 e. The highest BCUT2D eigenvalue weighted by Gasteiger charge is 2.10. The van der Waals surface area contributed by atoms with Crippen LogP contribution in [0.5, 0.6) is 0 Å². The molecule has 0 aliphatic carbocycles. The average Bonchev–Trinajstić information content (AvgIpc) is 2.76. The van der Waals surface area contributed by atoms with Gasteiger partial charge in [0.1, 0.15) is 15.7 Å². The third kappa shape index (κ3) is 3.54. The zero-order valence-electron chi connectivity index (χ0n) is 10.9. The fraction of sp³-hybridized carbons (Fsp3) is 0.308. The summed E-state index contributed by atoms with van der Waals surface area (Å²) >= 11 is 2.70. The molecule has 0 saturated carbocycles. The number of carbonyl (C=O) groups is 1. The van der Waals surface area contributed by atoms with E-state index in [1.165, 1.54) is 23.1 Å². The van der Waals surface area contributed by atoms with Crippen LogP contribution in [0.25, 0.3) is 0 Å². The summed E-state index contributed by atoms with van der Waals surface area (Å²) in [4.78, 5) is 21.0. The molecule has 6 heteroatoms. The molecule has 0 aliphatic rings. The minimum Gasteiger partial charge on any atom is -0.477 e. The number of aryl methyl sites for hydroxylation is 1. The molecule has 0 bridgehead atoms. The first kappa shape index (κ1) is 14.0. The Bertz CT molecular complexity index is 608. The first-order chi connectivity index (χ1) is 8.95. The fourth-order valence-electron chi connectivity index (χ4n) is 1.48. The summed E-state index contributed by atoms with van der Waals surface area (Å²) in [6.45, 7) is 6.04. The summed E-state index contributed by atoms with van der Waals surface area (Å²) < 4.78 is 0. The molecule has 2 aromatic rings. The van der Waals surface area contributed by atoms with Crippen LogP contribution in [0.1, 0.15) is 41.0 Å². The Morgan fingerprint density at radius 1 is 1.37 bits per heavy atom. The van der Waals surface area contributed by atoms with Crippen molar-refractivity contribution in [2.75, 3.05) is 0 Å². The van der Waals surface area contributed by atoms with Gasteiger partial charge in [0.25, 0.3) is 0 Å². The zero-order chi connectivity index (χ0) is 14.0. The monoisotopic (exact) mass is 294 g/mol. The molecule has 100 valence electrons. The molecule has 0 amide bonds. The maximum Gasteiger partial charge on any atom is 0.345 e. The summed E-state index contributed by atoms with van der Waals surface area (Å²) in [6, 6.07) is 3.58. The van der Waals surface area contributed by atoms with Gasteiger partial charge in [-0.3, -0.25) is 0 Å². The van der Waals surface area contributed by atoms with Crippen LogP contribution in [0, 0.1) is 6.92 Å². The number of carboxylic acid groups (broad SMARTS) is 1. The van der Waals surface area contributed by atoms with Gasteiger partial charge in [0.15, 0.2) is 0 Å². The second-order valence-corrected chi connectivity index (χ2v) is 6.42. The van der Waals surface area contributed by atoms with Gasteiger partial charge < -0.3 is 5.11 Å². The van der Waals surface area contributed by atoms with Crippen LogP contribution >= 0.6 is 23.1 Å². The van der Waals surface area contributed by atoms with Crippen molar-refractivity contribution in [3.8, 4) is 0 Å². The van der Waals surface area contributed by atoms with Crippen molar-refractivity contribution in [3.63, 3.8) is 0 Å². The Hall–Kier alpha value is -1.40. The lowest BCUT2D eigenvalue weighted by Gasteiger charge is -2.07. The first-order valence-corrected chi connectivity index (χ1v) is 7.50. The van der Waals surface area contributed by atoms with Gasteiger partial charge >= 0.3 is 5.97 Å². The molecule has 2 rings (SSSR count). The summed E-state index contributed by atoms with van der Waals surface area (Å²) in [7, 11) is 0. The highest BCUT2D eigenvalue weighted by Crippen LogP contribution is 2.31. The van der Waals surface area contributed by atoms with Gasteiger partial charge in [-0.25, -0.2) is 14.8 Å². The van der Waals surface area contributed by atoms with Gasteiger partial charge in [0.05, 0.1) is 0 Å². The molecule has 19 heavy (non-hydrogen) atoms. The first-order valence-electron chi connectivity index (χ1n) is 5.81. The molecule has 0 radical (unpaired) electrons. The van der Waals surface area contributed by atoms with Crippen LogP contribution in [0.2, 0.25) is 0 Å². The SMILES string of the molecule is Cc1cc(Sc2csc(C(=O)O)c2)nc(C(C)C)n1. The van der Waals surface area contributed by atoms with Crippen LogP contribution in [-0.2, 0) is 0 Å². The van der Waals surface area contributed by atoms with Crippen LogP contribution in [0.4, 0.5) is 0 Å². The summed E-state index contributed by atoms with van der Waals surface area (Å²) in [5.41, 5.74) is 0.926. The van der Waals surface area contributed by atoms with E-state index in [9.17, 15) is 4.79 Å². The molecule has 2 heterocycles. The Morgan fingerprint density at radius 2 is 2.11 bits per heavy atom. The number of nitrogens with zero attached hydrogens (tertiary/aromatic N) is 2. The van der Waals surface area contributed by atoms with Gasteiger partial charge in [-0.1, -0.05) is 25.6 Å². The van der Waals surface area contributed by atoms with Crippen molar-refractivity contribution < 1.29 is 9.90 Å². The predicted octanol–water partition coefficient (Wildman–Crippen LogP) is 3.82. The maximum absolute atomic E-state index is 10.8. The standard InChI is InChI=1S/C13H14N2O2S2/c1-7(2)12-14-8(3)4-11(15-12)19-9-5-10(13(16)17)18-6-9/h4-7H,1-3H3,(H,16,17). The van der Waals surface area contributed by atoms with E-state index in [1.807, 2.05) is 18.4 Å². The highest BCUT2D eigenvalue weighted by molar-refractivity contribution is 7.99. The van der Waals surface area contributed by atoms with Crippen LogP contribution in [0.3, 0.4) is 0 Å². The number of hydrogen-bond acceptors (Lipinski definition) is 5. The second kappa shape index (κ2) is 5.71. The molecule has 0 fully saturated rings. The molecule has 0 saturated heterocycles. The predicted molar refractivity (Wildman–Crippen MR) is 76.3 cm³/mol. The molecular weight excluding hydrogens is 280 g/mol. The quantitative estimate of drug-likeness (QED) is 0.868. The number of rotatable bonds is 4. The molecular formula is C13H14N2O2S2. The fourth-order valence-corrected chi connectivity index (χ4v) is 3.28. The van der Waals surface area contributed by atoms with E-state index in [1.54, 1.807) is 6.07 Å². The molecule has 0 spiro atoms. The van der Waals surface area contributed by atoms with Gasteiger partial charge in [-0.15, -0.1) is 11.3 Å². The van der Waals surface area contributed by atoms with E-state index in [-0.39, 0.29) is 5.92 Å². The molecule has 0 atom stereocenters. The molecule has 0 aliphatic heterocycles. The Balaban J connectivity index is 2.24. The van der Waals surface area contributed by atoms with E-state index in [4.69, 9.17) is 5.11 Å². The number of aromatic carboxylic acids is 1. The lowest BCUT2D eigenvalue weighted by Crippen LogP contribution is -2.00. The van der Waals surface area contributed by atoms with Crippen molar-refractivity contribution in [1.29, 1.82) is 0 Å².